The van der Waals surface area contributed by atoms with E-state index in [1.165, 1.54) is 4.31 Å². The highest BCUT2D eigenvalue weighted by Crippen LogP contribution is 2.31. The van der Waals surface area contributed by atoms with E-state index >= 15 is 0 Å². The number of hydrogen-bond acceptors (Lipinski definition) is 4. The van der Waals surface area contributed by atoms with E-state index in [9.17, 15) is 13.2 Å². The molecule has 2 saturated heterocycles. The third-order valence-corrected chi connectivity index (χ3v) is 7.64. The molecule has 0 bridgehead atoms. The molecule has 6 nitrogen and oxygen atoms in total. The van der Waals surface area contributed by atoms with Crippen LogP contribution in [0.3, 0.4) is 0 Å². The minimum atomic E-state index is -3.71. The van der Waals surface area contributed by atoms with Gasteiger partial charge < -0.3 is 10.6 Å². The average molecular weight is 416 g/mol. The molecule has 0 aliphatic carbocycles. The number of nitrogens with two attached hydrogens (primary N) is 1. The highest BCUT2D eigenvalue weighted by atomic mass is 35.5. The van der Waals surface area contributed by atoms with E-state index in [1.807, 2.05) is 32.9 Å². The van der Waals surface area contributed by atoms with Crippen LogP contribution < -0.4 is 5.73 Å². The molecule has 3 rings (SSSR count). The van der Waals surface area contributed by atoms with Crippen molar-refractivity contribution in [2.24, 2.45) is 5.73 Å². The SMILES string of the molecule is Cc1cc(C)c(S(=O)(=O)N2CCCC2C(=O)N2CCCC(N)C2)c(C)c1.Cl. The van der Waals surface area contributed by atoms with Crippen molar-refractivity contribution in [3.05, 3.63) is 28.8 Å². The molecular formula is C19H30ClN3O3S. The molecule has 1 aromatic rings. The Bertz CT molecular complexity index is 789. The molecule has 8 heteroatoms. The maximum absolute atomic E-state index is 13.4. The lowest BCUT2D eigenvalue weighted by atomic mass is 10.1. The molecule has 2 N–H and O–H groups in total. The normalized spacial score (nSPS) is 23.9. The van der Waals surface area contributed by atoms with E-state index in [4.69, 9.17) is 5.73 Å². The Morgan fingerprint density at radius 1 is 1.07 bits per heavy atom. The van der Waals surface area contributed by atoms with Crippen LogP contribution in [0.5, 0.6) is 0 Å². The quantitative estimate of drug-likeness (QED) is 0.819. The second kappa shape index (κ2) is 8.47. The zero-order chi connectivity index (χ0) is 19.1. The first-order chi connectivity index (χ1) is 12.2. The third-order valence-electron chi connectivity index (χ3n) is 5.43. The summed E-state index contributed by atoms with van der Waals surface area (Å²) in [5, 5.41) is 0. The average Bonchev–Trinajstić information content (AvgIpc) is 3.03. The summed E-state index contributed by atoms with van der Waals surface area (Å²) in [5.41, 5.74) is 8.51. The van der Waals surface area contributed by atoms with Crippen LogP contribution in [-0.4, -0.2) is 55.2 Å². The minimum absolute atomic E-state index is 0. The lowest BCUT2D eigenvalue weighted by Crippen LogP contribution is -2.53. The van der Waals surface area contributed by atoms with Crippen molar-refractivity contribution in [3.63, 3.8) is 0 Å². The van der Waals surface area contributed by atoms with Crippen molar-refractivity contribution in [3.8, 4) is 0 Å². The number of amides is 1. The van der Waals surface area contributed by atoms with Crippen LogP contribution in [0, 0.1) is 20.8 Å². The summed E-state index contributed by atoms with van der Waals surface area (Å²) in [6.45, 7) is 7.18. The van der Waals surface area contributed by atoms with Gasteiger partial charge in [-0.15, -0.1) is 12.4 Å². The zero-order valence-corrected chi connectivity index (χ0v) is 17.9. The molecule has 0 radical (unpaired) electrons. The first kappa shape index (κ1) is 22.1. The van der Waals surface area contributed by atoms with Crippen LogP contribution in [0.2, 0.25) is 0 Å². The third kappa shape index (κ3) is 4.31. The first-order valence-corrected chi connectivity index (χ1v) is 10.8. The van der Waals surface area contributed by atoms with Gasteiger partial charge in [0.2, 0.25) is 15.9 Å². The van der Waals surface area contributed by atoms with Crippen LogP contribution in [0.1, 0.15) is 42.4 Å². The second-order valence-electron chi connectivity index (χ2n) is 7.69. The number of halogens is 1. The number of piperidine rings is 1. The molecule has 0 saturated carbocycles. The van der Waals surface area contributed by atoms with Gasteiger partial charge in [-0.05, 0) is 57.6 Å². The van der Waals surface area contributed by atoms with E-state index in [2.05, 4.69) is 0 Å². The Balaban J connectivity index is 0.00000261. The maximum atomic E-state index is 13.4. The molecule has 1 aromatic carbocycles. The summed E-state index contributed by atoms with van der Waals surface area (Å²) in [5.74, 6) is -0.0938. The van der Waals surface area contributed by atoms with E-state index in [1.54, 1.807) is 4.90 Å². The van der Waals surface area contributed by atoms with Gasteiger partial charge in [0.1, 0.15) is 6.04 Å². The predicted octanol–water partition coefficient (Wildman–Crippen LogP) is 2.14. The number of benzene rings is 1. The Morgan fingerprint density at radius 2 is 1.67 bits per heavy atom. The molecule has 2 unspecified atom stereocenters. The first-order valence-electron chi connectivity index (χ1n) is 9.36. The molecule has 2 aliphatic rings. The van der Waals surface area contributed by atoms with Crippen molar-refractivity contribution in [1.82, 2.24) is 9.21 Å². The summed E-state index contributed by atoms with van der Waals surface area (Å²) < 4.78 is 28.2. The van der Waals surface area contributed by atoms with Gasteiger partial charge >= 0.3 is 0 Å². The maximum Gasteiger partial charge on any atom is 0.244 e. The summed E-state index contributed by atoms with van der Waals surface area (Å²) >= 11 is 0. The smallest absolute Gasteiger partial charge is 0.244 e. The molecule has 27 heavy (non-hydrogen) atoms. The Hall–Kier alpha value is -1.15. The minimum Gasteiger partial charge on any atom is -0.340 e. The van der Waals surface area contributed by atoms with Gasteiger partial charge in [0.15, 0.2) is 0 Å². The monoisotopic (exact) mass is 415 g/mol. The number of carbonyl (C=O) groups excluding carboxylic acids is 1. The summed E-state index contributed by atoms with van der Waals surface area (Å²) in [7, 11) is -3.71. The molecule has 2 aliphatic heterocycles. The Labute approximate surface area is 168 Å². The van der Waals surface area contributed by atoms with Crippen molar-refractivity contribution in [1.29, 1.82) is 0 Å². The van der Waals surface area contributed by atoms with Crippen molar-refractivity contribution < 1.29 is 13.2 Å². The van der Waals surface area contributed by atoms with Crippen LogP contribution in [0.25, 0.3) is 0 Å². The van der Waals surface area contributed by atoms with E-state index in [-0.39, 0.29) is 24.4 Å². The summed E-state index contributed by atoms with van der Waals surface area (Å²) in [4.78, 5) is 15.1. The molecule has 1 amide bonds. The van der Waals surface area contributed by atoms with Crippen LogP contribution in [0.4, 0.5) is 0 Å². The van der Waals surface area contributed by atoms with Crippen LogP contribution in [-0.2, 0) is 14.8 Å². The molecule has 152 valence electrons. The molecule has 2 fully saturated rings. The molecule has 0 aromatic heterocycles. The van der Waals surface area contributed by atoms with Gasteiger partial charge in [-0.1, -0.05) is 17.7 Å². The fourth-order valence-electron chi connectivity index (χ4n) is 4.39. The topological polar surface area (TPSA) is 83.7 Å². The fraction of sp³-hybridized carbons (Fsp3) is 0.632. The second-order valence-corrected chi connectivity index (χ2v) is 9.52. The number of carbonyl (C=O) groups is 1. The van der Waals surface area contributed by atoms with Crippen molar-refractivity contribution in [2.75, 3.05) is 19.6 Å². The van der Waals surface area contributed by atoms with Crippen molar-refractivity contribution in [2.45, 2.75) is 63.4 Å². The zero-order valence-electron chi connectivity index (χ0n) is 16.3. The predicted molar refractivity (Wildman–Crippen MR) is 109 cm³/mol. The number of aryl methyl sites for hydroxylation is 3. The Morgan fingerprint density at radius 3 is 2.26 bits per heavy atom. The summed E-state index contributed by atoms with van der Waals surface area (Å²) in [6.07, 6.45) is 3.08. The van der Waals surface area contributed by atoms with Gasteiger partial charge in [-0.25, -0.2) is 8.42 Å². The largest absolute Gasteiger partial charge is 0.340 e. The van der Waals surface area contributed by atoms with E-state index in [0.29, 0.717) is 37.4 Å². The van der Waals surface area contributed by atoms with Gasteiger partial charge in [-0.2, -0.15) is 4.31 Å². The van der Waals surface area contributed by atoms with Crippen molar-refractivity contribution >= 4 is 28.3 Å². The standard InChI is InChI=1S/C19H29N3O3S.ClH/c1-13-10-14(2)18(15(3)11-13)26(24,25)22-9-5-7-17(22)19(23)21-8-4-6-16(20)12-21;/h10-11,16-17H,4-9,12,20H2,1-3H3;1H. The molecule has 2 atom stereocenters. The highest BCUT2D eigenvalue weighted by molar-refractivity contribution is 7.89. The molecule has 0 spiro atoms. The number of hydrogen-bond donors (Lipinski definition) is 1. The van der Waals surface area contributed by atoms with Gasteiger partial charge in [0, 0.05) is 25.7 Å². The van der Waals surface area contributed by atoms with Crippen LogP contribution in [0.15, 0.2) is 17.0 Å². The number of likely N-dealkylation sites (tertiary alicyclic amines) is 1. The van der Waals surface area contributed by atoms with Crippen LogP contribution >= 0.6 is 12.4 Å². The highest BCUT2D eigenvalue weighted by Gasteiger charge is 2.42. The van der Waals surface area contributed by atoms with Gasteiger partial charge in [0.25, 0.3) is 0 Å². The number of nitrogens with zero attached hydrogens (tertiary/aromatic N) is 2. The number of rotatable bonds is 3. The van der Waals surface area contributed by atoms with E-state index < -0.39 is 16.1 Å². The fourth-order valence-corrected chi connectivity index (χ4v) is 6.45. The number of sulfonamides is 1. The molecular weight excluding hydrogens is 386 g/mol. The lowest BCUT2D eigenvalue weighted by Gasteiger charge is -2.34. The Kier molecular flexibility index (Phi) is 6.95. The molecule has 2 heterocycles. The van der Waals surface area contributed by atoms with E-state index in [0.717, 1.165) is 29.5 Å². The lowest BCUT2D eigenvalue weighted by molar-refractivity contribution is -0.135. The van der Waals surface area contributed by atoms with Gasteiger partial charge in [0.05, 0.1) is 4.90 Å². The van der Waals surface area contributed by atoms with Gasteiger partial charge in [-0.3, -0.25) is 4.79 Å². The summed E-state index contributed by atoms with van der Waals surface area (Å²) in [6, 6.07) is 3.15.